The van der Waals surface area contributed by atoms with Crippen LogP contribution in [-0.2, 0) is 10.9 Å². The summed E-state index contributed by atoms with van der Waals surface area (Å²) in [5, 5.41) is 5.06. The van der Waals surface area contributed by atoms with Crippen LogP contribution in [0.5, 0.6) is 0 Å². The first-order valence-corrected chi connectivity index (χ1v) is 12.0. The number of methoxy groups -OCH3 is 1. The number of anilines is 1. The zero-order valence-electron chi connectivity index (χ0n) is 19.2. The summed E-state index contributed by atoms with van der Waals surface area (Å²) in [4.78, 5) is 43.0. The van der Waals surface area contributed by atoms with Gasteiger partial charge in [-0.2, -0.15) is 13.2 Å². The summed E-state index contributed by atoms with van der Waals surface area (Å²) >= 11 is 1.32. The molecule has 0 atom stereocenters. The molecule has 7 nitrogen and oxygen atoms in total. The molecule has 0 aliphatic carbocycles. The molecule has 2 heterocycles. The van der Waals surface area contributed by atoms with E-state index in [0.717, 1.165) is 11.1 Å². The second kappa shape index (κ2) is 10.5. The average molecular weight is 518 g/mol. The molecule has 36 heavy (non-hydrogen) atoms. The zero-order chi connectivity index (χ0) is 25.9. The Kier molecular flexibility index (Phi) is 7.39. The third-order valence-corrected chi connectivity index (χ3v) is 6.90. The number of nitrogens with one attached hydrogen (secondary N) is 1. The number of halogens is 3. The maximum absolute atomic E-state index is 13.3. The van der Waals surface area contributed by atoms with Crippen molar-refractivity contribution in [2.45, 2.75) is 24.9 Å². The second-order valence-electron chi connectivity index (χ2n) is 8.21. The van der Waals surface area contributed by atoms with Crippen molar-refractivity contribution in [2.24, 2.45) is 0 Å². The number of amides is 2. The highest BCUT2D eigenvalue weighted by molar-refractivity contribution is 7.10. The minimum absolute atomic E-state index is 0.0129. The highest BCUT2D eigenvalue weighted by Gasteiger charge is 2.36. The summed E-state index contributed by atoms with van der Waals surface area (Å²) in [6, 6.07) is 11.1. The molecule has 188 valence electrons. The highest BCUT2D eigenvalue weighted by Crippen LogP contribution is 2.34. The quantitative estimate of drug-likeness (QED) is 0.469. The van der Waals surface area contributed by atoms with Crippen molar-refractivity contribution < 1.29 is 32.3 Å². The molecule has 1 N–H and O–H groups in total. The smallest absolute Gasteiger partial charge is 0.417 e. The van der Waals surface area contributed by atoms with Gasteiger partial charge in [-0.05, 0) is 43.2 Å². The number of aromatic nitrogens is 1. The molecule has 11 heteroatoms. The van der Waals surface area contributed by atoms with Gasteiger partial charge in [0.05, 0.1) is 28.8 Å². The van der Waals surface area contributed by atoms with Crippen molar-refractivity contribution in [1.29, 1.82) is 0 Å². The summed E-state index contributed by atoms with van der Waals surface area (Å²) < 4.78 is 44.6. The molecule has 1 aliphatic rings. The Morgan fingerprint density at radius 2 is 1.81 bits per heavy atom. The molecule has 0 radical (unpaired) electrons. The number of nitrogens with zero attached hydrogens (tertiary/aromatic N) is 2. The lowest BCUT2D eigenvalue weighted by Gasteiger charge is -2.31. The number of benzene rings is 2. The topological polar surface area (TPSA) is 88.6 Å². The third-order valence-electron chi connectivity index (χ3n) is 5.89. The van der Waals surface area contributed by atoms with Crippen LogP contribution in [0.15, 0.2) is 53.9 Å². The molecule has 1 fully saturated rings. The standard InChI is InChI=1S/C25H22F3N3O4S/c1-35-24(34)16-5-4-6-17(13-16)29-21(32)20-14-36-22(30-20)15-9-11-31(12-10-15)23(33)18-7-2-3-8-19(18)25(26,27)28/h2-8,13-15H,9-12H2,1H3,(H,29,32). The maximum Gasteiger partial charge on any atom is 0.417 e. The molecule has 2 aromatic carbocycles. The number of likely N-dealkylation sites (tertiary alicyclic amines) is 1. The normalized spacial score (nSPS) is 14.4. The van der Waals surface area contributed by atoms with Crippen LogP contribution >= 0.6 is 11.3 Å². The monoisotopic (exact) mass is 517 g/mol. The highest BCUT2D eigenvalue weighted by atomic mass is 32.1. The summed E-state index contributed by atoms with van der Waals surface area (Å²) in [6.07, 6.45) is -3.56. The molecular weight excluding hydrogens is 495 g/mol. The van der Waals surface area contributed by atoms with Crippen molar-refractivity contribution >= 4 is 34.8 Å². The number of rotatable bonds is 5. The van der Waals surface area contributed by atoms with E-state index < -0.39 is 29.5 Å². The Morgan fingerprint density at radius 1 is 1.08 bits per heavy atom. The third kappa shape index (κ3) is 5.56. The molecular formula is C25H22F3N3O4S. The van der Waals surface area contributed by atoms with E-state index in [-0.39, 0.29) is 30.3 Å². The van der Waals surface area contributed by atoms with Gasteiger partial charge in [-0.25, -0.2) is 9.78 Å². The van der Waals surface area contributed by atoms with E-state index in [1.54, 1.807) is 23.6 Å². The fourth-order valence-electron chi connectivity index (χ4n) is 4.03. The van der Waals surface area contributed by atoms with Crippen LogP contribution in [0.3, 0.4) is 0 Å². The van der Waals surface area contributed by atoms with E-state index in [9.17, 15) is 27.6 Å². The summed E-state index contributed by atoms with van der Waals surface area (Å²) in [6.45, 7) is 0.578. The molecule has 1 aliphatic heterocycles. The van der Waals surface area contributed by atoms with Crippen molar-refractivity contribution in [2.75, 3.05) is 25.5 Å². The van der Waals surface area contributed by atoms with E-state index in [0.29, 0.717) is 24.1 Å². The number of thiazole rings is 1. The first-order valence-electron chi connectivity index (χ1n) is 11.1. The molecule has 0 unspecified atom stereocenters. The van der Waals surface area contributed by atoms with E-state index >= 15 is 0 Å². The summed E-state index contributed by atoms with van der Waals surface area (Å²) in [5.41, 5.74) is -0.356. The minimum atomic E-state index is -4.61. The lowest BCUT2D eigenvalue weighted by atomic mass is 9.96. The second-order valence-corrected chi connectivity index (χ2v) is 9.10. The van der Waals surface area contributed by atoms with Crippen molar-refractivity contribution in [3.05, 3.63) is 81.3 Å². The van der Waals surface area contributed by atoms with E-state index in [4.69, 9.17) is 0 Å². The number of piperidine rings is 1. The van der Waals surface area contributed by atoms with Gasteiger partial charge in [0, 0.05) is 30.1 Å². The van der Waals surface area contributed by atoms with Gasteiger partial charge in [0.1, 0.15) is 5.69 Å². The van der Waals surface area contributed by atoms with Crippen LogP contribution < -0.4 is 5.32 Å². The molecule has 0 saturated carbocycles. The summed E-state index contributed by atoms with van der Waals surface area (Å²) in [7, 11) is 1.27. The Labute approximate surface area is 208 Å². The van der Waals surface area contributed by atoms with Crippen LogP contribution in [0.4, 0.5) is 18.9 Å². The van der Waals surface area contributed by atoms with Crippen molar-refractivity contribution in [3.8, 4) is 0 Å². The van der Waals surface area contributed by atoms with E-state index in [1.807, 2.05) is 0 Å². The van der Waals surface area contributed by atoms with Crippen LogP contribution in [-0.4, -0.2) is 47.9 Å². The predicted octanol–water partition coefficient (Wildman–Crippen LogP) is 5.22. The van der Waals surface area contributed by atoms with Gasteiger partial charge in [-0.3, -0.25) is 9.59 Å². The Bertz CT molecular complexity index is 1280. The largest absolute Gasteiger partial charge is 0.465 e. The van der Waals surface area contributed by atoms with Gasteiger partial charge >= 0.3 is 12.1 Å². The van der Waals surface area contributed by atoms with E-state index in [2.05, 4.69) is 15.0 Å². The van der Waals surface area contributed by atoms with Gasteiger partial charge in [-0.15, -0.1) is 11.3 Å². The maximum atomic E-state index is 13.3. The number of alkyl halides is 3. The average Bonchev–Trinajstić information content (AvgIpc) is 3.38. The molecule has 1 saturated heterocycles. The number of hydrogen-bond donors (Lipinski definition) is 1. The van der Waals surface area contributed by atoms with Crippen LogP contribution in [0.1, 0.15) is 60.5 Å². The van der Waals surface area contributed by atoms with Gasteiger partial charge in [-0.1, -0.05) is 18.2 Å². The SMILES string of the molecule is COC(=O)c1cccc(NC(=O)c2csc(C3CCN(C(=O)c4ccccc4C(F)(F)F)CC3)n2)c1. The number of carbonyl (C=O) groups is 3. The fraction of sp³-hybridized carbons (Fsp3) is 0.280. The lowest BCUT2D eigenvalue weighted by molar-refractivity contribution is -0.138. The van der Waals surface area contributed by atoms with Crippen LogP contribution in [0.25, 0.3) is 0 Å². The minimum Gasteiger partial charge on any atom is -0.465 e. The molecule has 1 aromatic heterocycles. The van der Waals surface area contributed by atoms with Gasteiger partial charge in [0.2, 0.25) is 0 Å². The number of ether oxygens (including phenoxy) is 1. The Morgan fingerprint density at radius 3 is 2.50 bits per heavy atom. The number of carbonyl (C=O) groups excluding carboxylic acids is 3. The molecule has 0 spiro atoms. The van der Waals surface area contributed by atoms with Gasteiger partial charge in [0.15, 0.2) is 0 Å². The molecule has 3 aromatic rings. The van der Waals surface area contributed by atoms with Gasteiger partial charge < -0.3 is 15.0 Å². The van der Waals surface area contributed by atoms with Crippen molar-refractivity contribution in [3.63, 3.8) is 0 Å². The van der Waals surface area contributed by atoms with Crippen LogP contribution in [0, 0.1) is 0 Å². The summed E-state index contributed by atoms with van der Waals surface area (Å²) in [5.74, 6) is -1.61. The number of esters is 1. The first kappa shape index (κ1) is 25.4. The predicted molar refractivity (Wildman–Crippen MR) is 127 cm³/mol. The van der Waals surface area contributed by atoms with E-state index in [1.165, 1.54) is 47.6 Å². The Balaban J connectivity index is 1.38. The van der Waals surface area contributed by atoms with Gasteiger partial charge in [0.25, 0.3) is 11.8 Å². The lowest BCUT2D eigenvalue weighted by Crippen LogP contribution is -2.38. The van der Waals surface area contributed by atoms with Crippen LogP contribution in [0.2, 0.25) is 0 Å². The van der Waals surface area contributed by atoms with Crippen molar-refractivity contribution in [1.82, 2.24) is 9.88 Å². The molecule has 2 amide bonds. The molecule has 0 bridgehead atoms. The Hall–Kier alpha value is -3.73. The first-order chi connectivity index (χ1) is 17.2. The fourth-order valence-corrected chi connectivity index (χ4v) is 5.00. The molecule has 4 rings (SSSR count). The zero-order valence-corrected chi connectivity index (χ0v) is 20.0. The number of hydrogen-bond acceptors (Lipinski definition) is 6.